The topological polar surface area (TPSA) is 55.1 Å². The molecule has 0 spiro atoms. The van der Waals surface area contributed by atoms with E-state index in [-0.39, 0.29) is 11.6 Å². The molecular weight excluding hydrogens is 324 g/mol. The van der Waals surface area contributed by atoms with Gasteiger partial charge in [-0.05, 0) is 11.6 Å². The van der Waals surface area contributed by atoms with E-state index in [1.54, 1.807) is 6.07 Å². The Morgan fingerprint density at radius 3 is 2.12 bits per heavy atom. The first kappa shape index (κ1) is 15.8. The van der Waals surface area contributed by atoms with Crippen LogP contribution in [0.15, 0.2) is 95.5 Å². The fourth-order valence-corrected chi connectivity index (χ4v) is 2.77. The highest BCUT2D eigenvalue weighted by Gasteiger charge is 2.15. The third kappa shape index (κ3) is 3.26. The van der Waals surface area contributed by atoms with E-state index in [1.165, 1.54) is 0 Å². The van der Waals surface area contributed by atoms with Crippen molar-refractivity contribution in [3.05, 3.63) is 96.7 Å². The average Bonchev–Trinajstić information content (AvgIpc) is 3.20. The van der Waals surface area contributed by atoms with E-state index < -0.39 is 0 Å². The van der Waals surface area contributed by atoms with Crippen LogP contribution in [0.25, 0.3) is 22.5 Å². The Bertz CT molecular complexity index is 1020. The summed E-state index contributed by atoms with van der Waals surface area (Å²) in [5, 5.41) is 6.83. The Morgan fingerprint density at radius 1 is 0.769 bits per heavy atom. The predicted molar refractivity (Wildman–Crippen MR) is 102 cm³/mol. The van der Waals surface area contributed by atoms with Crippen molar-refractivity contribution in [2.24, 2.45) is 0 Å². The van der Waals surface area contributed by atoms with Gasteiger partial charge in [0.2, 0.25) is 0 Å². The van der Waals surface area contributed by atoms with E-state index in [0.29, 0.717) is 5.76 Å². The quantitative estimate of drug-likeness (QED) is 0.551. The van der Waals surface area contributed by atoms with Gasteiger partial charge in [-0.2, -0.15) is 0 Å². The minimum atomic E-state index is -0.306. The van der Waals surface area contributed by atoms with Crippen molar-refractivity contribution in [1.29, 1.82) is 0 Å². The largest absolute Gasteiger partial charge is 0.355 e. The van der Waals surface area contributed by atoms with Gasteiger partial charge in [-0.15, -0.1) is 0 Å². The zero-order chi connectivity index (χ0) is 17.8. The summed E-state index contributed by atoms with van der Waals surface area (Å²) < 4.78 is 5.31. The molecule has 0 saturated heterocycles. The number of hydrogen-bond donors (Lipinski definition) is 1. The van der Waals surface area contributed by atoms with Crippen molar-refractivity contribution < 1.29 is 9.32 Å². The maximum Gasteiger partial charge on any atom is 0.277 e. The molecule has 4 heteroatoms. The smallest absolute Gasteiger partial charge is 0.277 e. The van der Waals surface area contributed by atoms with Crippen LogP contribution in [-0.2, 0) is 0 Å². The molecular formula is C22H16N2O2. The second-order valence-corrected chi connectivity index (χ2v) is 5.81. The van der Waals surface area contributed by atoms with Gasteiger partial charge < -0.3 is 9.84 Å². The highest BCUT2D eigenvalue weighted by molar-refractivity contribution is 6.05. The van der Waals surface area contributed by atoms with Gasteiger partial charge in [0.25, 0.3) is 5.91 Å². The fraction of sp³-hybridized carbons (Fsp3) is 0. The highest BCUT2D eigenvalue weighted by atomic mass is 16.5. The maximum atomic E-state index is 12.6. The van der Waals surface area contributed by atoms with Crippen molar-refractivity contribution in [3.63, 3.8) is 0 Å². The minimum Gasteiger partial charge on any atom is -0.355 e. The van der Waals surface area contributed by atoms with Gasteiger partial charge in [0, 0.05) is 22.9 Å². The summed E-state index contributed by atoms with van der Waals surface area (Å²) in [6, 6.07) is 28.8. The van der Waals surface area contributed by atoms with Gasteiger partial charge in [-0.25, -0.2) is 0 Å². The first-order chi connectivity index (χ1) is 12.8. The molecule has 0 fully saturated rings. The van der Waals surface area contributed by atoms with Crippen LogP contribution in [0.3, 0.4) is 0 Å². The molecule has 0 aliphatic heterocycles. The lowest BCUT2D eigenvalue weighted by Crippen LogP contribution is -2.12. The summed E-state index contributed by atoms with van der Waals surface area (Å²) in [4.78, 5) is 12.6. The zero-order valence-electron chi connectivity index (χ0n) is 13.9. The Labute approximate surface area is 151 Å². The third-order valence-electron chi connectivity index (χ3n) is 4.06. The number of amides is 1. The number of carbonyl (C=O) groups is 1. The van der Waals surface area contributed by atoms with E-state index >= 15 is 0 Å². The van der Waals surface area contributed by atoms with E-state index in [1.807, 2.05) is 84.9 Å². The van der Waals surface area contributed by atoms with Crippen LogP contribution in [0, 0.1) is 0 Å². The molecule has 1 N–H and O–H groups in total. The molecule has 3 aromatic carbocycles. The van der Waals surface area contributed by atoms with Crippen molar-refractivity contribution in [3.8, 4) is 22.5 Å². The summed E-state index contributed by atoms with van der Waals surface area (Å²) in [5.74, 6) is 0.256. The van der Waals surface area contributed by atoms with Crippen LogP contribution in [0.2, 0.25) is 0 Å². The number of benzene rings is 3. The van der Waals surface area contributed by atoms with E-state index in [0.717, 1.165) is 22.4 Å². The lowest BCUT2D eigenvalue weighted by molar-refractivity contribution is 0.101. The molecule has 0 saturated carbocycles. The summed E-state index contributed by atoms with van der Waals surface area (Å²) >= 11 is 0. The third-order valence-corrected chi connectivity index (χ3v) is 4.06. The Morgan fingerprint density at radius 2 is 1.38 bits per heavy atom. The number of hydrogen-bond acceptors (Lipinski definition) is 3. The van der Waals surface area contributed by atoms with Crippen LogP contribution in [-0.4, -0.2) is 11.1 Å². The zero-order valence-corrected chi connectivity index (χ0v) is 13.9. The molecule has 4 aromatic rings. The maximum absolute atomic E-state index is 12.6. The molecule has 0 unspecified atom stereocenters. The number of carbonyl (C=O) groups excluding carboxylic acids is 1. The second-order valence-electron chi connectivity index (χ2n) is 5.81. The van der Waals surface area contributed by atoms with Gasteiger partial charge in [-0.3, -0.25) is 4.79 Å². The number of anilines is 1. The van der Waals surface area contributed by atoms with Gasteiger partial charge in [-0.1, -0.05) is 84.0 Å². The molecule has 26 heavy (non-hydrogen) atoms. The highest BCUT2D eigenvalue weighted by Crippen LogP contribution is 2.28. The molecule has 4 nitrogen and oxygen atoms in total. The average molecular weight is 340 g/mol. The molecule has 126 valence electrons. The van der Waals surface area contributed by atoms with Gasteiger partial charge >= 0.3 is 0 Å². The van der Waals surface area contributed by atoms with E-state index in [2.05, 4.69) is 10.5 Å². The normalized spacial score (nSPS) is 10.5. The molecule has 0 aliphatic rings. The lowest BCUT2D eigenvalue weighted by Gasteiger charge is -2.10. The number of para-hydroxylation sites is 1. The lowest BCUT2D eigenvalue weighted by atomic mass is 10.0. The van der Waals surface area contributed by atoms with Gasteiger partial charge in [0.15, 0.2) is 11.5 Å². The van der Waals surface area contributed by atoms with Crippen LogP contribution < -0.4 is 5.32 Å². The summed E-state index contributed by atoms with van der Waals surface area (Å²) in [6.45, 7) is 0. The molecule has 1 heterocycles. The van der Waals surface area contributed by atoms with E-state index in [9.17, 15) is 4.79 Å². The van der Waals surface area contributed by atoms with Crippen molar-refractivity contribution in [1.82, 2.24) is 5.16 Å². The van der Waals surface area contributed by atoms with Crippen LogP contribution in [0.5, 0.6) is 0 Å². The van der Waals surface area contributed by atoms with E-state index in [4.69, 9.17) is 4.52 Å². The molecule has 0 bridgehead atoms. The molecule has 4 rings (SSSR count). The molecule has 0 atom stereocenters. The molecule has 1 aromatic heterocycles. The number of nitrogens with one attached hydrogen (secondary N) is 1. The predicted octanol–water partition coefficient (Wildman–Crippen LogP) is 5.26. The Balaban J connectivity index is 1.59. The van der Waals surface area contributed by atoms with Crippen molar-refractivity contribution in [2.75, 3.05) is 5.32 Å². The monoisotopic (exact) mass is 340 g/mol. The van der Waals surface area contributed by atoms with Gasteiger partial charge in [0.1, 0.15) is 0 Å². The summed E-state index contributed by atoms with van der Waals surface area (Å²) in [5.41, 5.74) is 3.84. The van der Waals surface area contributed by atoms with Gasteiger partial charge in [0.05, 0.1) is 0 Å². The minimum absolute atomic E-state index is 0.242. The Hall–Kier alpha value is -3.66. The second kappa shape index (κ2) is 7.07. The number of nitrogens with zero attached hydrogens (tertiary/aromatic N) is 1. The Kier molecular flexibility index (Phi) is 4.31. The first-order valence-electron chi connectivity index (χ1n) is 8.29. The van der Waals surface area contributed by atoms with Crippen LogP contribution in [0.4, 0.5) is 5.69 Å². The molecule has 1 amide bonds. The fourth-order valence-electron chi connectivity index (χ4n) is 2.77. The summed E-state index contributed by atoms with van der Waals surface area (Å²) in [6.07, 6.45) is 0. The van der Waals surface area contributed by atoms with Crippen molar-refractivity contribution >= 4 is 11.6 Å². The number of rotatable bonds is 4. The first-order valence-corrected chi connectivity index (χ1v) is 8.29. The number of aromatic nitrogens is 1. The standard InChI is InChI=1S/C22H16N2O2/c25-22(20-15-21(26-24-20)17-11-5-2-6-12-17)23-19-14-8-7-13-18(19)16-9-3-1-4-10-16/h1-15H,(H,23,25). The van der Waals surface area contributed by atoms with Crippen LogP contribution in [0.1, 0.15) is 10.5 Å². The van der Waals surface area contributed by atoms with Crippen molar-refractivity contribution in [2.45, 2.75) is 0 Å². The van der Waals surface area contributed by atoms with Crippen LogP contribution >= 0.6 is 0 Å². The summed E-state index contributed by atoms with van der Waals surface area (Å²) in [7, 11) is 0. The molecule has 0 aliphatic carbocycles. The molecule has 0 radical (unpaired) electrons. The SMILES string of the molecule is O=C(Nc1ccccc1-c1ccccc1)c1cc(-c2ccccc2)on1.